The molecule has 6 heteroatoms. The molecule has 0 aliphatic carbocycles. The third-order valence-electron chi connectivity index (χ3n) is 3.41. The van der Waals surface area contributed by atoms with E-state index in [2.05, 4.69) is 20.9 Å². The van der Waals surface area contributed by atoms with Gasteiger partial charge < -0.3 is 10.6 Å². The Hall–Kier alpha value is -1.14. The van der Waals surface area contributed by atoms with Crippen LogP contribution < -0.4 is 16.0 Å². The maximum atomic E-state index is 11.8. The number of amides is 3. The normalized spacial score (nSPS) is 20.0. The lowest BCUT2D eigenvalue weighted by molar-refractivity contribution is -0.122. The molecular formula is C13H26N4O2. The molecule has 0 saturated carbocycles. The molecule has 110 valence electrons. The lowest BCUT2D eigenvalue weighted by Gasteiger charge is -2.35. The van der Waals surface area contributed by atoms with E-state index >= 15 is 0 Å². The minimum atomic E-state index is -0.406. The van der Waals surface area contributed by atoms with Gasteiger partial charge in [0.15, 0.2) is 0 Å². The molecule has 3 amide bonds. The van der Waals surface area contributed by atoms with Gasteiger partial charge in [-0.25, -0.2) is 4.79 Å². The number of imide groups is 1. The van der Waals surface area contributed by atoms with E-state index in [9.17, 15) is 9.59 Å². The number of urea groups is 1. The number of nitrogens with zero attached hydrogens (tertiary/aromatic N) is 1. The maximum absolute atomic E-state index is 11.8. The fourth-order valence-electron chi connectivity index (χ4n) is 2.46. The predicted octanol–water partition coefficient (Wildman–Crippen LogP) is 0.296. The lowest BCUT2D eigenvalue weighted by Crippen LogP contribution is -2.49. The molecule has 0 spiro atoms. The molecule has 0 bridgehead atoms. The highest BCUT2D eigenvalue weighted by Gasteiger charge is 2.24. The van der Waals surface area contributed by atoms with Crippen LogP contribution in [0.5, 0.6) is 0 Å². The van der Waals surface area contributed by atoms with E-state index in [-0.39, 0.29) is 5.91 Å². The first-order chi connectivity index (χ1) is 9.17. The van der Waals surface area contributed by atoms with Crippen LogP contribution in [0.1, 0.15) is 32.6 Å². The Bertz CT molecular complexity index is 296. The molecule has 19 heavy (non-hydrogen) atoms. The first-order valence-electron chi connectivity index (χ1n) is 7.13. The zero-order valence-corrected chi connectivity index (χ0v) is 12.0. The minimum Gasteiger partial charge on any atom is -0.338 e. The van der Waals surface area contributed by atoms with Gasteiger partial charge in [-0.1, -0.05) is 6.42 Å². The molecule has 1 heterocycles. The SMILES string of the molecule is CCNC(=O)NC(=O)CN1CCCCC1CCNC. The van der Waals surface area contributed by atoms with Crippen LogP contribution in [0.4, 0.5) is 4.79 Å². The fraction of sp³-hybridized carbons (Fsp3) is 0.846. The maximum Gasteiger partial charge on any atom is 0.321 e. The summed E-state index contributed by atoms with van der Waals surface area (Å²) in [5.74, 6) is -0.220. The van der Waals surface area contributed by atoms with E-state index in [0.717, 1.165) is 32.4 Å². The molecule has 0 aromatic carbocycles. The Morgan fingerprint density at radius 2 is 2.11 bits per heavy atom. The summed E-state index contributed by atoms with van der Waals surface area (Å²) in [5.41, 5.74) is 0. The number of likely N-dealkylation sites (tertiary alicyclic amines) is 1. The van der Waals surface area contributed by atoms with E-state index in [1.165, 1.54) is 6.42 Å². The van der Waals surface area contributed by atoms with Gasteiger partial charge in [-0.05, 0) is 46.3 Å². The first-order valence-corrected chi connectivity index (χ1v) is 7.13. The van der Waals surface area contributed by atoms with Crippen molar-refractivity contribution in [1.29, 1.82) is 0 Å². The Labute approximate surface area is 115 Å². The zero-order valence-electron chi connectivity index (χ0n) is 12.0. The van der Waals surface area contributed by atoms with Crippen molar-refractivity contribution >= 4 is 11.9 Å². The predicted molar refractivity (Wildman–Crippen MR) is 75.0 cm³/mol. The Morgan fingerprint density at radius 3 is 2.79 bits per heavy atom. The molecule has 6 nitrogen and oxygen atoms in total. The molecule has 1 aliphatic heterocycles. The largest absolute Gasteiger partial charge is 0.338 e. The van der Waals surface area contributed by atoms with Crippen LogP contribution in [0.25, 0.3) is 0 Å². The van der Waals surface area contributed by atoms with Crippen LogP contribution in [0.15, 0.2) is 0 Å². The summed E-state index contributed by atoms with van der Waals surface area (Å²) in [4.78, 5) is 25.3. The van der Waals surface area contributed by atoms with Crippen molar-refractivity contribution in [1.82, 2.24) is 20.9 Å². The van der Waals surface area contributed by atoms with Crippen LogP contribution in [0, 0.1) is 0 Å². The minimum absolute atomic E-state index is 0.220. The summed E-state index contributed by atoms with van der Waals surface area (Å²) < 4.78 is 0. The summed E-state index contributed by atoms with van der Waals surface area (Å²) in [6.07, 6.45) is 4.54. The van der Waals surface area contributed by atoms with Gasteiger partial charge in [-0.2, -0.15) is 0 Å². The van der Waals surface area contributed by atoms with Crippen LogP contribution >= 0.6 is 0 Å². The van der Waals surface area contributed by atoms with Gasteiger partial charge in [-0.3, -0.25) is 15.0 Å². The summed E-state index contributed by atoms with van der Waals surface area (Å²) in [7, 11) is 1.94. The highest BCUT2D eigenvalue weighted by molar-refractivity contribution is 5.95. The van der Waals surface area contributed by atoms with E-state index < -0.39 is 6.03 Å². The van der Waals surface area contributed by atoms with Crippen molar-refractivity contribution in [3.8, 4) is 0 Å². The number of hydrogen-bond donors (Lipinski definition) is 3. The molecular weight excluding hydrogens is 244 g/mol. The monoisotopic (exact) mass is 270 g/mol. The van der Waals surface area contributed by atoms with Gasteiger partial charge in [0.25, 0.3) is 0 Å². The Kier molecular flexibility index (Phi) is 7.43. The summed E-state index contributed by atoms with van der Waals surface area (Å²) in [6.45, 7) is 4.55. The number of carbonyl (C=O) groups is 2. The molecule has 1 saturated heterocycles. The second-order valence-electron chi connectivity index (χ2n) is 4.92. The van der Waals surface area contributed by atoms with Gasteiger partial charge in [0.05, 0.1) is 6.54 Å². The smallest absolute Gasteiger partial charge is 0.321 e. The molecule has 1 unspecified atom stereocenters. The highest BCUT2D eigenvalue weighted by atomic mass is 16.2. The summed E-state index contributed by atoms with van der Waals surface area (Å²) in [5, 5.41) is 8.06. The Morgan fingerprint density at radius 1 is 1.32 bits per heavy atom. The molecule has 0 aromatic rings. The molecule has 1 rings (SSSR count). The quantitative estimate of drug-likeness (QED) is 0.649. The number of hydrogen-bond acceptors (Lipinski definition) is 4. The molecule has 1 aliphatic rings. The number of piperidine rings is 1. The number of carbonyl (C=O) groups excluding carboxylic acids is 2. The van der Waals surface area contributed by atoms with Gasteiger partial charge in [0, 0.05) is 12.6 Å². The standard InChI is InChI=1S/C13H26N4O2/c1-3-15-13(19)16-12(18)10-17-9-5-4-6-11(17)7-8-14-2/h11,14H,3-10H2,1-2H3,(H2,15,16,18,19). The second-order valence-corrected chi connectivity index (χ2v) is 4.92. The molecule has 0 radical (unpaired) electrons. The zero-order chi connectivity index (χ0) is 14.1. The van der Waals surface area contributed by atoms with Gasteiger partial charge in [-0.15, -0.1) is 0 Å². The lowest BCUT2D eigenvalue weighted by atomic mass is 9.99. The average molecular weight is 270 g/mol. The molecule has 1 atom stereocenters. The van der Waals surface area contributed by atoms with Crippen molar-refractivity contribution in [2.24, 2.45) is 0 Å². The molecule has 0 aromatic heterocycles. The molecule has 3 N–H and O–H groups in total. The van der Waals surface area contributed by atoms with Crippen molar-refractivity contribution in [3.63, 3.8) is 0 Å². The number of rotatable bonds is 6. The highest BCUT2D eigenvalue weighted by Crippen LogP contribution is 2.18. The van der Waals surface area contributed by atoms with Crippen molar-refractivity contribution in [3.05, 3.63) is 0 Å². The fourth-order valence-corrected chi connectivity index (χ4v) is 2.46. The van der Waals surface area contributed by atoms with Crippen LogP contribution in [0.2, 0.25) is 0 Å². The van der Waals surface area contributed by atoms with Crippen LogP contribution in [-0.4, -0.2) is 56.1 Å². The van der Waals surface area contributed by atoms with Gasteiger partial charge in [0.2, 0.25) is 5.91 Å². The van der Waals surface area contributed by atoms with E-state index in [4.69, 9.17) is 0 Å². The number of nitrogens with one attached hydrogen (secondary N) is 3. The van der Waals surface area contributed by atoms with Crippen molar-refractivity contribution in [2.45, 2.75) is 38.6 Å². The van der Waals surface area contributed by atoms with Gasteiger partial charge >= 0.3 is 6.03 Å². The second kappa shape index (κ2) is 8.87. The van der Waals surface area contributed by atoms with E-state index in [0.29, 0.717) is 19.1 Å². The summed E-state index contributed by atoms with van der Waals surface area (Å²) >= 11 is 0. The van der Waals surface area contributed by atoms with Crippen molar-refractivity contribution in [2.75, 3.05) is 33.2 Å². The van der Waals surface area contributed by atoms with Crippen molar-refractivity contribution < 1.29 is 9.59 Å². The van der Waals surface area contributed by atoms with E-state index in [1.54, 1.807) is 0 Å². The van der Waals surface area contributed by atoms with Gasteiger partial charge in [0.1, 0.15) is 0 Å². The Balaban J connectivity index is 2.38. The average Bonchev–Trinajstić information content (AvgIpc) is 2.37. The topological polar surface area (TPSA) is 73.5 Å². The van der Waals surface area contributed by atoms with E-state index in [1.807, 2.05) is 14.0 Å². The first kappa shape index (κ1) is 15.9. The third-order valence-corrected chi connectivity index (χ3v) is 3.41. The molecule has 1 fully saturated rings. The summed E-state index contributed by atoms with van der Waals surface area (Å²) in [6, 6.07) is 0.0393. The third kappa shape index (κ3) is 6.02. The van der Waals surface area contributed by atoms with Crippen LogP contribution in [0.3, 0.4) is 0 Å². The van der Waals surface area contributed by atoms with Crippen LogP contribution in [-0.2, 0) is 4.79 Å².